The van der Waals surface area contributed by atoms with Gasteiger partial charge in [0.2, 0.25) is 0 Å². The van der Waals surface area contributed by atoms with E-state index in [4.69, 9.17) is 4.74 Å². The summed E-state index contributed by atoms with van der Waals surface area (Å²) in [6.45, 7) is 8.97. The minimum Gasteiger partial charge on any atom is -0.456 e. The molecule has 0 saturated carbocycles. The number of nitrogens with one attached hydrogen (secondary N) is 3. The smallest absolute Gasteiger partial charge is 0.319 e. The summed E-state index contributed by atoms with van der Waals surface area (Å²) in [7, 11) is -9.33. The van der Waals surface area contributed by atoms with Crippen LogP contribution in [0.5, 0.6) is 11.5 Å². The second-order valence-electron chi connectivity index (χ2n) is 11.8. The Kier molecular flexibility index (Phi) is 9.01. The van der Waals surface area contributed by atoms with Crippen LogP contribution in [0.2, 0.25) is 0 Å². The van der Waals surface area contributed by atoms with E-state index in [2.05, 4.69) is 22.5 Å². The van der Waals surface area contributed by atoms with Gasteiger partial charge in [-0.05, 0) is 72.5 Å². The summed E-state index contributed by atoms with van der Waals surface area (Å²) < 4.78 is 76.8. The van der Waals surface area contributed by atoms with Gasteiger partial charge in [0, 0.05) is 45.9 Å². The van der Waals surface area contributed by atoms with Gasteiger partial charge in [0.25, 0.3) is 20.2 Å². The maximum absolute atomic E-state index is 13.0. The first-order valence-corrected chi connectivity index (χ1v) is 18.2. The average molecular weight is 712 g/mol. The van der Waals surface area contributed by atoms with Gasteiger partial charge in [0.05, 0.1) is 5.69 Å². The van der Waals surface area contributed by atoms with Crippen molar-refractivity contribution < 1.29 is 35.5 Å². The molecule has 1 aliphatic heterocycles. The standard InChI is InChI=1S/C37H33N3O8S2/c1-21-14-16-27-30(18-21)48-31-19-26(15-17-28(31)33(27)29-12-8-9-13-32(29)49(42,43)44)39-34-22(2)35(24(4)36(23(34)3)50(45,46)47)40-37(41)38-20-25-10-6-5-7-11-25/h5-19,39H,1,20H2,2-4H3,(H2,38,40,41)(H,42,43,44)(H,45,46,47). The van der Waals surface area contributed by atoms with Crippen LogP contribution in [0.1, 0.15) is 33.4 Å². The molecule has 5 aromatic carbocycles. The van der Waals surface area contributed by atoms with Gasteiger partial charge < -0.3 is 20.7 Å². The highest BCUT2D eigenvalue weighted by atomic mass is 32.2. The Labute approximate surface area is 289 Å². The van der Waals surface area contributed by atoms with Crippen molar-refractivity contribution in [3.05, 3.63) is 135 Å². The molecule has 0 saturated heterocycles. The SMILES string of the molecule is C=c1ccc2c(c1)Oc1cc(Nc3c(C)c(NC(=O)NCc4ccccc4)c(C)c(S(=O)(=O)O)c3C)ccc1C=2c1ccccc1S(=O)(=O)O. The topological polar surface area (TPSA) is 171 Å². The molecule has 11 nitrogen and oxygen atoms in total. The predicted octanol–water partition coefficient (Wildman–Crippen LogP) is 5.93. The van der Waals surface area contributed by atoms with Crippen molar-refractivity contribution in [2.75, 3.05) is 10.6 Å². The first-order valence-electron chi connectivity index (χ1n) is 15.3. The Morgan fingerprint density at radius 2 is 1.42 bits per heavy atom. The number of carbonyl (C=O) groups is 1. The highest BCUT2D eigenvalue weighted by Crippen LogP contribution is 2.42. The highest BCUT2D eigenvalue weighted by Gasteiger charge is 2.28. The fourth-order valence-electron chi connectivity index (χ4n) is 6.24. The van der Waals surface area contributed by atoms with Crippen molar-refractivity contribution in [1.82, 2.24) is 5.32 Å². The number of carbonyl (C=O) groups excluding carboxylic acids is 1. The largest absolute Gasteiger partial charge is 0.456 e. The quantitative estimate of drug-likeness (QED) is 0.120. The van der Waals surface area contributed by atoms with Crippen molar-refractivity contribution in [2.24, 2.45) is 0 Å². The highest BCUT2D eigenvalue weighted by molar-refractivity contribution is 7.86. The van der Waals surface area contributed by atoms with Gasteiger partial charge in [-0.3, -0.25) is 9.11 Å². The first-order chi connectivity index (χ1) is 23.6. The summed E-state index contributed by atoms with van der Waals surface area (Å²) in [5.41, 5.74) is 4.02. The molecular formula is C37H33N3O8S2. The molecule has 0 bridgehead atoms. The summed E-state index contributed by atoms with van der Waals surface area (Å²) in [5.74, 6) is 0.746. The predicted molar refractivity (Wildman–Crippen MR) is 192 cm³/mol. The van der Waals surface area contributed by atoms with E-state index in [1.807, 2.05) is 30.3 Å². The van der Waals surface area contributed by atoms with Crippen LogP contribution in [0, 0.1) is 20.8 Å². The van der Waals surface area contributed by atoms with Crippen molar-refractivity contribution in [2.45, 2.75) is 37.1 Å². The number of urea groups is 1. The molecule has 0 aromatic heterocycles. The van der Waals surface area contributed by atoms with E-state index in [0.29, 0.717) is 50.0 Å². The van der Waals surface area contributed by atoms with Crippen LogP contribution in [0.15, 0.2) is 101 Å². The van der Waals surface area contributed by atoms with Crippen LogP contribution in [0.25, 0.3) is 12.2 Å². The zero-order valence-electron chi connectivity index (χ0n) is 27.2. The van der Waals surface area contributed by atoms with E-state index in [1.54, 1.807) is 62.4 Å². The van der Waals surface area contributed by atoms with Crippen LogP contribution >= 0.6 is 0 Å². The lowest BCUT2D eigenvalue weighted by atomic mass is 9.92. The lowest BCUT2D eigenvalue weighted by Crippen LogP contribution is -2.29. The van der Waals surface area contributed by atoms with Gasteiger partial charge in [0.15, 0.2) is 0 Å². The molecule has 0 atom stereocenters. The first kappa shape index (κ1) is 34.4. The van der Waals surface area contributed by atoms with Crippen LogP contribution in [0.3, 0.4) is 0 Å². The fourth-order valence-corrected chi connectivity index (χ4v) is 7.92. The summed E-state index contributed by atoms with van der Waals surface area (Å²) in [5, 5.41) is 10.00. The maximum Gasteiger partial charge on any atom is 0.319 e. The van der Waals surface area contributed by atoms with Gasteiger partial charge in [-0.15, -0.1) is 0 Å². The van der Waals surface area contributed by atoms with Gasteiger partial charge in [0.1, 0.15) is 21.3 Å². The molecule has 0 spiro atoms. The lowest BCUT2D eigenvalue weighted by molar-refractivity contribution is 0.251. The zero-order chi connectivity index (χ0) is 36.0. The van der Waals surface area contributed by atoms with Gasteiger partial charge in [-0.2, -0.15) is 16.8 Å². The van der Waals surface area contributed by atoms with Gasteiger partial charge >= 0.3 is 6.03 Å². The average Bonchev–Trinajstić information content (AvgIpc) is 3.06. The number of rotatable bonds is 8. The van der Waals surface area contributed by atoms with Gasteiger partial charge in [-0.1, -0.05) is 67.2 Å². The molecule has 0 radical (unpaired) electrons. The normalized spacial score (nSPS) is 12.4. The summed E-state index contributed by atoms with van der Waals surface area (Å²) in [6.07, 6.45) is 0. The summed E-state index contributed by atoms with van der Waals surface area (Å²) >= 11 is 0. The Balaban J connectivity index is 1.44. The molecule has 50 heavy (non-hydrogen) atoms. The number of benzene rings is 5. The van der Waals surface area contributed by atoms with E-state index in [-0.39, 0.29) is 38.7 Å². The molecule has 0 aliphatic carbocycles. The number of anilines is 3. The Morgan fingerprint density at radius 3 is 2.12 bits per heavy atom. The molecule has 0 unspecified atom stereocenters. The Morgan fingerprint density at radius 1 is 0.740 bits per heavy atom. The van der Waals surface area contributed by atoms with E-state index in [0.717, 1.165) is 5.56 Å². The minimum atomic E-state index is -4.73. The van der Waals surface area contributed by atoms with Crippen molar-refractivity contribution in [1.29, 1.82) is 0 Å². The van der Waals surface area contributed by atoms with E-state index < -0.39 is 26.3 Å². The number of hydrogen-bond donors (Lipinski definition) is 5. The minimum absolute atomic E-state index is 0.161. The van der Waals surface area contributed by atoms with Crippen LogP contribution in [-0.2, 0) is 26.8 Å². The van der Waals surface area contributed by atoms with Crippen molar-refractivity contribution in [3.8, 4) is 11.5 Å². The summed E-state index contributed by atoms with van der Waals surface area (Å²) in [4.78, 5) is 12.4. The molecule has 2 amide bonds. The van der Waals surface area contributed by atoms with Crippen molar-refractivity contribution in [3.63, 3.8) is 0 Å². The third kappa shape index (κ3) is 6.71. The molecule has 5 aromatic rings. The molecule has 256 valence electrons. The van der Waals surface area contributed by atoms with E-state index in [1.165, 1.54) is 19.1 Å². The number of fused-ring (bicyclic) bond motifs is 2. The zero-order valence-corrected chi connectivity index (χ0v) is 28.9. The molecule has 13 heteroatoms. The van der Waals surface area contributed by atoms with E-state index >= 15 is 0 Å². The van der Waals surface area contributed by atoms with Crippen molar-refractivity contribution >= 4 is 55.5 Å². The van der Waals surface area contributed by atoms with Crippen LogP contribution in [0.4, 0.5) is 21.9 Å². The number of hydrogen-bond acceptors (Lipinski definition) is 7. The molecule has 1 aliphatic rings. The number of amides is 2. The Hall–Kier alpha value is -5.47. The molecule has 1 heterocycles. The maximum atomic E-state index is 13.0. The molecule has 6 rings (SSSR count). The Bertz CT molecular complexity index is 2540. The second-order valence-corrected chi connectivity index (χ2v) is 14.6. The molecule has 0 fully saturated rings. The van der Waals surface area contributed by atoms with E-state index in [9.17, 15) is 30.7 Å². The van der Waals surface area contributed by atoms with Crippen LogP contribution < -0.4 is 31.1 Å². The summed E-state index contributed by atoms with van der Waals surface area (Å²) in [6, 6.07) is 25.1. The fraction of sp³-hybridized carbons (Fsp3) is 0.108. The number of ether oxygens (including phenoxy) is 1. The monoisotopic (exact) mass is 711 g/mol. The third-order valence-electron chi connectivity index (χ3n) is 8.46. The second kappa shape index (κ2) is 13.1. The van der Waals surface area contributed by atoms with Gasteiger partial charge in [-0.25, -0.2) is 4.79 Å². The lowest BCUT2D eigenvalue weighted by Gasteiger charge is -2.24. The third-order valence-corrected chi connectivity index (χ3v) is 10.5. The molecule has 5 N–H and O–H groups in total. The molecular weight excluding hydrogens is 679 g/mol. The van der Waals surface area contributed by atoms with Crippen LogP contribution in [-0.4, -0.2) is 32.0 Å².